The molecule has 0 aliphatic rings. The lowest BCUT2D eigenvalue weighted by Crippen LogP contribution is -2.86. The van der Waals surface area contributed by atoms with Crippen LogP contribution in [0.1, 0.15) is 0 Å². The molecule has 0 saturated heterocycles. The third kappa shape index (κ3) is 3.87. The van der Waals surface area contributed by atoms with E-state index in [9.17, 15) is 8.78 Å². The molecule has 0 heterocycles. The molecule has 0 aromatic rings. The van der Waals surface area contributed by atoms with E-state index in [4.69, 9.17) is 10.8 Å². The third-order valence-electron chi connectivity index (χ3n) is 0.737. The Morgan fingerprint density at radius 3 is 2.44 bits per heavy atom. The lowest BCUT2D eigenvalue weighted by molar-refractivity contribution is -0.698. The van der Waals surface area contributed by atoms with E-state index in [0.717, 1.165) is 6.20 Å². The Kier molecular flexibility index (Phi) is 3.90. The van der Waals surface area contributed by atoms with Gasteiger partial charge >= 0.3 is 6.55 Å². The van der Waals surface area contributed by atoms with E-state index in [2.05, 4.69) is 0 Å². The number of nitrogens with two attached hydrogens (primary N) is 2. The Bertz CT molecular complexity index is 105. The number of aliphatic hydroxyl groups excluding tert-OH is 1. The molecule has 0 amide bonds. The summed E-state index contributed by atoms with van der Waals surface area (Å²) in [6.07, 6.45) is 0.951. The van der Waals surface area contributed by atoms with Crippen molar-refractivity contribution in [1.82, 2.24) is 0 Å². The van der Waals surface area contributed by atoms with E-state index in [1.807, 2.05) is 0 Å². The summed E-state index contributed by atoms with van der Waals surface area (Å²) in [5.41, 5.74) is 4.89. The van der Waals surface area contributed by atoms with Crippen LogP contribution in [-0.2, 0) is 0 Å². The van der Waals surface area contributed by atoms with Gasteiger partial charge in [0.15, 0.2) is 5.70 Å². The van der Waals surface area contributed by atoms with Crippen LogP contribution < -0.4 is 11.1 Å². The fraction of sp³-hybridized carbons (Fsp3) is 0.500. The fourth-order valence-electron chi connectivity index (χ4n) is 0.323. The summed E-state index contributed by atoms with van der Waals surface area (Å²) >= 11 is 0. The van der Waals surface area contributed by atoms with Gasteiger partial charge in [0.05, 0.1) is 6.20 Å². The molecular weight excluding hydrogens is 130 g/mol. The number of hydrogen-bond acceptors (Lipinski definition) is 2. The molecule has 0 atom stereocenters. The van der Waals surface area contributed by atoms with Crippen LogP contribution in [0.2, 0.25) is 0 Å². The molecule has 0 unspecified atom stereocenters. The summed E-state index contributed by atoms with van der Waals surface area (Å²) in [5.74, 6) is 0. The summed E-state index contributed by atoms with van der Waals surface area (Å²) in [6.45, 7) is -2.99. The van der Waals surface area contributed by atoms with Crippen molar-refractivity contribution in [1.29, 1.82) is 0 Å². The van der Waals surface area contributed by atoms with Gasteiger partial charge in [-0.05, 0) is 0 Å². The standard InChI is InChI=1S/C4H8F2N2O/c5-4(6)8-3(1-7)2-9/h1,4,8-9H,2,7H2/p+1/b3-1-. The zero-order valence-corrected chi connectivity index (χ0v) is 4.72. The highest BCUT2D eigenvalue weighted by Gasteiger charge is 2.07. The first-order valence-corrected chi connectivity index (χ1v) is 2.35. The molecule has 5 N–H and O–H groups in total. The zero-order valence-electron chi connectivity index (χ0n) is 4.72. The van der Waals surface area contributed by atoms with Gasteiger partial charge in [-0.25, -0.2) is 0 Å². The lowest BCUT2D eigenvalue weighted by Gasteiger charge is -1.97. The van der Waals surface area contributed by atoms with Crippen molar-refractivity contribution in [2.75, 3.05) is 6.61 Å². The van der Waals surface area contributed by atoms with Gasteiger partial charge in [0.25, 0.3) is 0 Å². The minimum Gasteiger partial charge on any atom is -0.400 e. The first-order chi connectivity index (χ1) is 4.20. The quantitative estimate of drug-likeness (QED) is 0.419. The molecule has 0 fully saturated rings. The summed E-state index contributed by atoms with van der Waals surface area (Å²) in [7, 11) is 0. The van der Waals surface area contributed by atoms with Crippen molar-refractivity contribution < 1.29 is 19.2 Å². The lowest BCUT2D eigenvalue weighted by atomic mass is 10.5. The fourth-order valence-corrected chi connectivity index (χ4v) is 0.323. The number of alkyl halides is 2. The average molecular weight is 139 g/mol. The predicted molar refractivity (Wildman–Crippen MR) is 27.3 cm³/mol. The number of rotatable bonds is 3. The minimum atomic E-state index is -2.55. The first kappa shape index (κ1) is 8.32. The van der Waals surface area contributed by atoms with Crippen LogP contribution in [-0.4, -0.2) is 18.3 Å². The van der Waals surface area contributed by atoms with E-state index in [1.165, 1.54) is 0 Å². The van der Waals surface area contributed by atoms with Crippen molar-refractivity contribution in [2.24, 2.45) is 5.73 Å². The SMILES string of the molecule is N/C=C(/CO)[NH2+]C(F)F. The second-order valence-electron chi connectivity index (χ2n) is 1.40. The summed E-state index contributed by atoms with van der Waals surface area (Å²) < 4.78 is 22.8. The van der Waals surface area contributed by atoms with Crippen LogP contribution in [0, 0.1) is 0 Å². The van der Waals surface area contributed by atoms with Crippen molar-refractivity contribution in [3.05, 3.63) is 11.9 Å². The monoisotopic (exact) mass is 139 g/mol. The second-order valence-corrected chi connectivity index (χ2v) is 1.40. The second kappa shape index (κ2) is 4.22. The van der Waals surface area contributed by atoms with Crippen molar-refractivity contribution in [3.8, 4) is 0 Å². The van der Waals surface area contributed by atoms with Gasteiger partial charge in [0.1, 0.15) is 6.61 Å². The van der Waals surface area contributed by atoms with Gasteiger partial charge in [-0.1, -0.05) is 0 Å². The largest absolute Gasteiger partial charge is 0.400 e. The molecule has 0 rings (SSSR count). The molecule has 3 nitrogen and oxygen atoms in total. The molecule has 0 spiro atoms. The smallest absolute Gasteiger partial charge is 0.382 e. The molecule has 5 heteroatoms. The maximum absolute atomic E-state index is 11.4. The van der Waals surface area contributed by atoms with Gasteiger partial charge in [0.2, 0.25) is 0 Å². The van der Waals surface area contributed by atoms with E-state index >= 15 is 0 Å². The number of halogens is 2. The zero-order chi connectivity index (χ0) is 7.28. The van der Waals surface area contributed by atoms with Crippen molar-refractivity contribution in [2.45, 2.75) is 6.55 Å². The average Bonchev–Trinajstić information content (AvgIpc) is 1.82. The van der Waals surface area contributed by atoms with Gasteiger partial charge in [-0.15, -0.1) is 0 Å². The summed E-state index contributed by atoms with van der Waals surface area (Å²) in [6, 6.07) is 0. The number of aliphatic hydroxyl groups is 1. The molecule has 54 valence electrons. The van der Waals surface area contributed by atoms with Crippen molar-refractivity contribution >= 4 is 0 Å². The number of hydrogen-bond donors (Lipinski definition) is 3. The topological polar surface area (TPSA) is 62.9 Å². The Morgan fingerprint density at radius 2 is 2.33 bits per heavy atom. The van der Waals surface area contributed by atoms with Crippen LogP contribution in [0.3, 0.4) is 0 Å². The molecule has 0 aliphatic carbocycles. The highest BCUT2D eigenvalue weighted by Crippen LogP contribution is 1.78. The Morgan fingerprint density at radius 1 is 1.78 bits per heavy atom. The predicted octanol–water partition coefficient (Wildman–Crippen LogP) is -1.44. The molecule has 0 radical (unpaired) electrons. The Balaban J connectivity index is 3.58. The van der Waals surface area contributed by atoms with Crippen LogP contribution in [0.4, 0.5) is 8.78 Å². The van der Waals surface area contributed by atoms with Gasteiger partial charge < -0.3 is 10.8 Å². The van der Waals surface area contributed by atoms with Crippen LogP contribution in [0.15, 0.2) is 11.9 Å². The van der Waals surface area contributed by atoms with Gasteiger partial charge in [-0.3, -0.25) is 5.32 Å². The molecule has 9 heavy (non-hydrogen) atoms. The maximum atomic E-state index is 11.4. The summed E-state index contributed by atoms with van der Waals surface area (Å²) in [5, 5.41) is 8.86. The van der Waals surface area contributed by atoms with Crippen LogP contribution >= 0.6 is 0 Å². The Hall–Kier alpha value is -0.680. The van der Waals surface area contributed by atoms with Gasteiger partial charge in [-0.2, -0.15) is 8.78 Å². The van der Waals surface area contributed by atoms with Crippen molar-refractivity contribution in [3.63, 3.8) is 0 Å². The highest BCUT2D eigenvalue weighted by molar-refractivity contribution is 4.84. The summed E-state index contributed by atoms with van der Waals surface area (Å²) in [4.78, 5) is 0. The maximum Gasteiger partial charge on any atom is 0.382 e. The van der Waals surface area contributed by atoms with Gasteiger partial charge in [0, 0.05) is 0 Å². The van der Waals surface area contributed by atoms with E-state index in [1.54, 1.807) is 0 Å². The Labute approximate surface area is 51.2 Å². The molecule has 0 aromatic carbocycles. The molecular formula is C4H9F2N2O+. The first-order valence-electron chi connectivity index (χ1n) is 2.35. The highest BCUT2D eigenvalue weighted by atomic mass is 19.3. The minimum absolute atomic E-state index is 0.0463. The normalized spacial score (nSPS) is 12.7. The molecule has 0 aliphatic heterocycles. The van der Waals surface area contributed by atoms with Crippen LogP contribution in [0.25, 0.3) is 0 Å². The van der Waals surface area contributed by atoms with E-state index in [0.29, 0.717) is 5.32 Å². The van der Waals surface area contributed by atoms with E-state index in [-0.39, 0.29) is 5.70 Å². The van der Waals surface area contributed by atoms with E-state index < -0.39 is 13.2 Å². The number of quaternary nitrogens is 1. The third-order valence-corrected chi connectivity index (χ3v) is 0.737. The van der Waals surface area contributed by atoms with Crippen LogP contribution in [0.5, 0.6) is 0 Å². The molecule has 0 saturated carbocycles. The molecule has 0 aromatic heterocycles. The molecule has 0 bridgehead atoms.